The first-order chi connectivity index (χ1) is 8.04. The van der Waals surface area contributed by atoms with Gasteiger partial charge in [-0.25, -0.2) is 4.68 Å². The molecule has 2 heterocycles. The van der Waals surface area contributed by atoms with Crippen molar-refractivity contribution in [1.82, 2.24) is 9.78 Å². The van der Waals surface area contributed by atoms with Crippen LogP contribution in [0.1, 0.15) is 35.3 Å². The number of hydrogen-bond donors (Lipinski definition) is 1. The third-order valence-electron chi connectivity index (χ3n) is 2.86. The molecule has 1 atom stereocenters. The van der Waals surface area contributed by atoms with Crippen molar-refractivity contribution in [2.75, 3.05) is 5.73 Å². The molecule has 2 aromatic rings. The molecule has 17 heavy (non-hydrogen) atoms. The largest absolute Gasteiger partial charge is 0.383 e. The van der Waals surface area contributed by atoms with Gasteiger partial charge in [-0.3, -0.25) is 0 Å². The SMILES string of the molecule is CCc1ccc(C(C)n2nc(C)c(Br)c2N)s1. The van der Waals surface area contributed by atoms with Gasteiger partial charge in [0.15, 0.2) is 0 Å². The van der Waals surface area contributed by atoms with Gasteiger partial charge in [-0.15, -0.1) is 11.3 Å². The lowest BCUT2D eigenvalue weighted by atomic mass is 10.2. The Balaban J connectivity index is 2.36. The molecule has 0 aliphatic carbocycles. The lowest BCUT2D eigenvalue weighted by molar-refractivity contribution is 0.577. The van der Waals surface area contributed by atoms with Crippen LogP contribution in [0.25, 0.3) is 0 Å². The fourth-order valence-electron chi connectivity index (χ4n) is 1.77. The van der Waals surface area contributed by atoms with Crippen molar-refractivity contribution in [2.24, 2.45) is 0 Å². The zero-order valence-corrected chi connectivity index (χ0v) is 12.6. The zero-order valence-electron chi connectivity index (χ0n) is 10.2. The van der Waals surface area contributed by atoms with Gasteiger partial charge in [0.25, 0.3) is 0 Å². The molecular formula is C12H16BrN3S. The molecule has 0 aromatic carbocycles. The van der Waals surface area contributed by atoms with E-state index >= 15 is 0 Å². The van der Waals surface area contributed by atoms with Crippen molar-refractivity contribution < 1.29 is 0 Å². The van der Waals surface area contributed by atoms with Gasteiger partial charge in [0, 0.05) is 9.75 Å². The van der Waals surface area contributed by atoms with E-state index in [1.54, 1.807) is 0 Å². The number of halogens is 1. The van der Waals surface area contributed by atoms with Gasteiger partial charge in [0.05, 0.1) is 16.2 Å². The van der Waals surface area contributed by atoms with Crippen LogP contribution in [0.2, 0.25) is 0 Å². The lowest BCUT2D eigenvalue weighted by Crippen LogP contribution is -2.10. The van der Waals surface area contributed by atoms with Crippen molar-refractivity contribution in [3.8, 4) is 0 Å². The minimum absolute atomic E-state index is 0.185. The van der Waals surface area contributed by atoms with Crippen LogP contribution in [0.3, 0.4) is 0 Å². The third kappa shape index (κ3) is 2.26. The minimum atomic E-state index is 0.185. The highest BCUT2D eigenvalue weighted by atomic mass is 79.9. The molecule has 3 nitrogen and oxygen atoms in total. The second kappa shape index (κ2) is 4.82. The van der Waals surface area contributed by atoms with Crippen LogP contribution in [0.4, 0.5) is 5.82 Å². The quantitative estimate of drug-likeness (QED) is 0.937. The maximum Gasteiger partial charge on any atom is 0.137 e. The van der Waals surface area contributed by atoms with Crippen LogP contribution in [-0.2, 0) is 6.42 Å². The average Bonchev–Trinajstić information content (AvgIpc) is 2.89. The summed E-state index contributed by atoms with van der Waals surface area (Å²) in [5, 5.41) is 4.47. The van der Waals surface area contributed by atoms with Gasteiger partial charge in [-0.2, -0.15) is 5.10 Å². The van der Waals surface area contributed by atoms with E-state index in [2.05, 4.69) is 47.0 Å². The highest BCUT2D eigenvalue weighted by molar-refractivity contribution is 9.10. The van der Waals surface area contributed by atoms with Crippen LogP contribution in [0, 0.1) is 6.92 Å². The Kier molecular flexibility index (Phi) is 3.58. The number of anilines is 1. The molecular weight excluding hydrogens is 298 g/mol. The molecule has 2 aromatic heterocycles. The Labute approximate surface area is 114 Å². The van der Waals surface area contributed by atoms with E-state index in [4.69, 9.17) is 5.73 Å². The molecule has 5 heteroatoms. The second-order valence-corrected chi connectivity index (χ2v) is 6.06. The topological polar surface area (TPSA) is 43.8 Å². The van der Waals surface area contributed by atoms with E-state index in [0.717, 1.165) is 16.6 Å². The standard InChI is InChI=1S/C12H16BrN3S/c1-4-9-5-6-10(17-9)8(3)16-12(14)11(13)7(2)15-16/h5-6,8H,4,14H2,1-3H3. The molecule has 0 saturated carbocycles. The summed E-state index contributed by atoms with van der Waals surface area (Å²) < 4.78 is 2.78. The summed E-state index contributed by atoms with van der Waals surface area (Å²) in [4.78, 5) is 2.69. The summed E-state index contributed by atoms with van der Waals surface area (Å²) in [6.07, 6.45) is 1.08. The van der Waals surface area contributed by atoms with E-state index < -0.39 is 0 Å². The molecule has 0 spiro atoms. The number of nitrogens with two attached hydrogens (primary N) is 1. The highest BCUT2D eigenvalue weighted by Crippen LogP contribution is 2.31. The molecule has 2 rings (SSSR count). The van der Waals surface area contributed by atoms with Gasteiger partial charge >= 0.3 is 0 Å². The van der Waals surface area contributed by atoms with Gasteiger partial charge in [0.2, 0.25) is 0 Å². The maximum atomic E-state index is 6.04. The fraction of sp³-hybridized carbons (Fsp3) is 0.417. The van der Waals surface area contributed by atoms with E-state index in [-0.39, 0.29) is 6.04 Å². The van der Waals surface area contributed by atoms with Gasteiger partial charge in [-0.05, 0) is 48.3 Å². The fourth-order valence-corrected chi connectivity index (χ4v) is 3.02. The summed E-state index contributed by atoms with van der Waals surface area (Å²) in [6.45, 7) is 6.25. The monoisotopic (exact) mass is 313 g/mol. The Bertz CT molecular complexity index is 530. The van der Waals surface area contributed by atoms with Crippen LogP contribution in [-0.4, -0.2) is 9.78 Å². The zero-order chi connectivity index (χ0) is 12.6. The second-order valence-electron chi connectivity index (χ2n) is 4.06. The maximum absolute atomic E-state index is 6.04. The molecule has 0 fully saturated rings. The van der Waals surface area contributed by atoms with Crippen LogP contribution < -0.4 is 5.73 Å². The van der Waals surface area contributed by atoms with Gasteiger partial charge in [-0.1, -0.05) is 6.92 Å². The van der Waals surface area contributed by atoms with E-state index in [1.807, 2.05) is 22.9 Å². The number of thiophene rings is 1. The summed E-state index contributed by atoms with van der Waals surface area (Å²) in [7, 11) is 0. The lowest BCUT2D eigenvalue weighted by Gasteiger charge is -2.11. The summed E-state index contributed by atoms with van der Waals surface area (Å²) in [5.41, 5.74) is 6.97. The van der Waals surface area contributed by atoms with Crippen LogP contribution >= 0.6 is 27.3 Å². The molecule has 92 valence electrons. The number of nitrogen functional groups attached to an aromatic ring is 1. The van der Waals surface area contributed by atoms with Crippen molar-refractivity contribution in [3.63, 3.8) is 0 Å². The van der Waals surface area contributed by atoms with Crippen LogP contribution in [0.15, 0.2) is 16.6 Å². The molecule has 0 bridgehead atoms. The van der Waals surface area contributed by atoms with Gasteiger partial charge < -0.3 is 5.73 Å². The Hall–Kier alpha value is -0.810. The van der Waals surface area contributed by atoms with E-state index in [0.29, 0.717) is 5.82 Å². The summed E-state index contributed by atoms with van der Waals surface area (Å²) in [6, 6.07) is 4.53. The van der Waals surface area contributed by atoms with Crippen molar-refractivity contribution in [2.45, 2.75) is 33.2 Å². The average molecular weight is 314 g/mol. The Morgan fingerprint density at radius 2 is 2.24 bits per heavy atom. The van der Waals surface area contributed by atoms with E-state index in [9.17, 15) is 0 Å². The third-order valence-corrected chi connectivity index (χ3v) is 5.24. The summed E-state index contributed by atoms with van der Waals surface area (Å²) >= 11 is 5.28. The molecule has 0 aliphatic heterocycles. The number of hydrogen-bond acceptors (Lipinski definition) is 3. The summed E-state index contributed by atoms with van der Waals surface area (Å²) in [5.74, 6) is 0.696. The number of aromatic nitrogens is 2. The Morgan fingerprint density at radius 3 is 2.71 bits per heavy atom. The normalized spacial score (nSPS) is 12.9. The number of nitrogens with zero attached hydrogens (tertiary/aromatic N) is 2. The van der Waals surface area contributed by atoms with E-state index in [1.165, 1.54) is 9.75 Å². The first kappa shape index (κ1) is 12.6. The molecule has 0 saturated heterocycles. The first-order valence-corrected chi connectivity index (χ1v) is 7.24. The Morgan fingerprint density at radius 1 is 1.53 bits per heavy atom. The van der Waals surface area contributed by atoms with Crippen molar-refractivity contribution >= 4 is 33.1 Å². The van der Waals surface area contributed by atoms with Crippen molar-refractivity contribution in [1.29, 1.82) is 0 Å². The number of aryl methyl sites for hydroxylation is 2. The molecule has 0 aliphatic rings. The molecule has 0 amide bonds. The van der Waals surface area contributed by atoms with Crippen molar-refractivity contribution in [3.05, 3.63) is 32.1 Å². The molecule has 0 radical (unpaired) electrons. The molecule has 2 N–H and O–H groups in total. The minimum Gasteiger partial charge on any atom is -0.383 e. The molecule has 1 unspecified atom stereocenters. The van der Waals surface area contributed by atoms with Crippen LogP contribution in [0.5, 0.6) is 0 Å². The predicted molar refractivity (Wildman–Crippen MR) is 76.6 cm³/mol. The predicted octanol–water partition coefficient (Wildman–Crippen LogP) is 3.77. The first-order valence-electron chi connectivity index (χ1n) is 5.63. The highest BCUT2D eigenvalue weighted by Gasteiger charge is 2.17. The number of rotatable bonds is 3. The smallest absolute Gasteiger partial charge is 0.137 e. The van der Waals surface area contributed by atoms with Gasteiger partial charge in [0.1, 0.15) is 5.82 Å².